The Hall–Kier alpha value is -4.96. The van der Waals surface area contributed by atoms with Crippen molar-refractivity contribution in [3.63, 3.8) is 0 Å². The zero-order valence-corrected chi connectivity index (χ0v) is 30.7. The lowest BCUT2D eigenvalue weighted by Crippen LogP contribution is -2.26. The lowest BCUT2D eigenvalue weighted by atomic mass is 10.2. The highest BCUT2D eigenvalue weighted by Crippen LogP contribution is 2.28. The van der Waals surface area contributed by atoms with Crippen molar-refractivity contribution in [2.45, 2.75) is 25.0 Å². The molecule has 282 valence electrons. The predicted molar refractivity (Wildman–Crippen MR) is 207 cm³/mol. The van der Waals surface area contributed by atoms with Crippen LogP contribution >= 0.6 is 22.7 Å². The summed E-state index contributed by atoms with van der Waals surface area (Å²) in [5.74, 6) is -0.619. The molecule has 0 radical (unpaired) electrons. The molecule has 6 rings (SSSR count). The smallest absolute Gasteiger partial charge is 0.344 e. The van der Waals surface area contributed by atoms with E-state index >= 15 is 0 Å². The molecule has 0 aliphatic heterocycles. The number of aliphatic hydroxyl groups is 2. The molecule has 14 heteroatoms. The fourth-order valence-corrected chi connectivity index (χ4v) is 7.54. The Bertz CT molecular complexity index is 2190. The van der Waals surface area contributed by atoms with Crippen molar-refractivity contribution >= 4 is 75.0 Å². The first-order valence-corrected chi connectivity index (χ1v) is 18.9. The number of fused-ring (bicyclic) bond motifs is 4. The largest absolute Gasteiger partial charge is 0.482 e. The minimum Gasteiger partial charge on any atom is -0.482 e. The summed E-state index contributed by atoms with van der Waals surface area (Å²) in [6.07, 6.45) is -0.802. The third-order valence-electron chi connectivity index (χ3n) is 8.13. The molecule has 0 amide bonds. The number of hydrogen-bond donors (Lipinski definition) is 2. The second-order valence-corrected chi connectivity index (χ2v) is 14.4. The van der Waals surface area contributed by atoms with Gasteiger partial charge in [-0.25, -0.2) is 9.59 Å². The van der Waals surface area contributed by atoms with E-state index in [1.165, 1.54) is 22.7 Å². The maximum absolute atomic E-state index is 12.9. The molecule has 2 atom stereocenters. The van der Waals surface area contributed by atoms with E-state index < -0.39 is 24.1 Å². The predicted octanol–water partition coefficient (Wildman–Crippen LogP) is 5.22. The molecule has 0 aliphatic rings. The summed E-state index contributed by atoms with van der Waals surface area (Å²) < 4.78 is 35.5. The summed E-state index contributed by atoms with van der Waals surface area (Å²) in [5.41, 5.74) is -0.203. The number of carbonyl (C=O) groups is 2. The summed E-state index contributed by atoms with van der Waals surface area (Å²) in [6, 6.07) is 24.9. The summed E-state index contributed by atoms with van der Waals surface area (Å²) in [7, 11) is 0. The van der Waals surface area contributed by atoms with E-state index in [9.17, 15) is 29.4 Å². The molecule has 0 saturated heterocycles. The van der Waals surface area contributed by atoms with Crippen LogP contribution in [0.1, 0.15) is 12.8 Å². The van der Waals surface area contributed by atoms with Gasteiger partial charge in [-0.2, -0.15) is 0 Å². The van der Waals surface area contributed by atoms with Crippen molar-refractivity contribution in [1.82, 2.24) is 0 Å². The van der Waals surface area contributed by atoms with Crippen LogP contribution < -0.4 is 20.3 Å². The highest BCUT2D eigenvalue weighted by Gasteiger charge is 2.14. The van der Waals surface area contributed by atoms with Crippen LogP contribution in [-0.4, -0.2) is 87.2 Å². The Labute approximate surface area is 317 Å². The standard InChI is InChI=1S/C40H38O12S2/c41-25(21-51-37(43)23-49-27-11-13-35-31(17-27)39(45)29-7-1-3-9-33(29)53-35)19-47-15-5-6-16-48-20-26(42)22-52-38(44)24-50-28-12-14-36-32(18-28)40(46)30-8-2-4-10-34(30)54-36/h1-4,7-14,17-18,25-26,41-42H,5-6,15-16,19-24H2. The molecular formula is C40H38O12S2. The third kappa shape index (κ3) is 10.4. The van der Waals surface area contributed by atoms with Gasteiger partial charge in [0.05, 0.1) is 13.2 Å². The van der Waals surface area contributed by atoms with Crippen LogP contribution in [0.15, 0.2) is 94.5 Å². The quantitative estimate of drug-likeness (QED) is 0.0628. The number of benzene rings is 4. The Morgan fingerprint density at radius 3 is 1.39 bits per heavy atom. The molecular weight excluding hydrogens is 737 g/mol. The van der Waals surface area contributed by atoms with Crippen LogP contribution in [0.25, 0.3) is 40.3 Å². The van der Waals surface area contributed by atoms with Crippen molar-refractivity contribution in [2.24, 2.45) is 0 Å². The molecule has 4 aromatic carbocycles. The molecule has 6 aromatic rings. The number of ether oxygens (including phenoxy) is 6. The molecule has 2 N–H and O–H groups in total. The van der Waals surface area contributed by atoms with E-state index in [-0.39, 0.29) is 50.5 Å². The minimum atomic E-state index is -1.02. The van der Waals surface area contributed by atoms with Gasteiger partial charge in [0.2, 0.25) is 0 Å². The maximum atomic E-state index is 12.9. The maximum Gasteiger partial charge on any atom is 0.344 e. The molecule has 0 bridgehead atoms. The molecule has 0 fully saturated rings. The van der Waals surface area contributed by atoms with E-state index in [0.29, 0.717) is 59.1 Å². The first kappa shape index (κ1) is 38.8. The van der Waals surface area contributed by atoms with Crippen LogP contribution in [0.3, 0.4) is 0 Å². The Kier molecular flexibility index (Phi) is 13.5. The fourth-order valence-electron chi connectivity index (χ4n) is 5.43. The van der Waals surface area contributed by atoms with Gasteiger partial charge < -0.3 is 38.6 Å². The summed E-state index contributed by atoms with van der Waals surface area (Å²) in [6.45, 7) is -0.694. The van der Waals surface area contributed by atoms with Crippen molar-refractivity contribution in [3.05, 3.63) is 105 Å². The fraction of sp³-hybridized carbons (Fsp3) is 0.300. The van der Waals surface area contributed by atoms with Crippen molar-refractivity contribution in [2.75, 3.05) is 52.9 Å². The highest BCUT2D eigenvalue weighted by molar-refractivity contribution is 7.24. The number of esters is 2. The molecule has 54 heavy (non-hydrogen) atoms. The summed E-state index contributed by atoms with van der Waals surface area (Å²) >= 11 is 3.00. The first-order valence-electron chi connectivity index (χ1n) is 17.2. The van der Waals surface area contributed by atoms with Crippen LogP contribution in [-0.2, 0) is 28.5 Å². The topological polar surface area (TPSA) is 164 Å². The number of aliphatic hydroxyl groups excluding tert-OH is 2. The number of unbranched alkanes of at least 4 members (excludes halogenated alkanes) is 1. The lowest BCUT2D eigenvalue weighted by Gasteiger charge is -2.13. The van der Waals surface area contributed by atoms with Gasteiger partial charge in [-0.3, -0.25) is 9.59 Å². The molecule has 0 saturated carbocycles. The minimum absolute atomic E-state index is 0.0347. The average Bonchev–Trinajstić information content (AvgIpc) is 3.19. The van der Waals surface area contributed by atoms with E-state index in [2.05, 4.69) is 0 Å². The van der Waals surface area contributed by atoms with Crippen molar-refractivity contribution < 1.29 is 48.2 Å². The Morgan fingerprint density at radius 1 is 0.537 bits per heavy atom. The van der Waals surface area contributed by atoms with Crippen molar-refractivity contribution in [3.8, 4) is 11.5 Å². The third-order valence-corrected chi connectivity index (χ3v) is 10.4. The monoisotopic (exact) mass is 774 g/mol. The van der Waals surface area contributed by atoms with E-state index in [4.69, 9.17) is 28.4 Å². The van der Waals surface area contributed by atoms with Crippen LogP contribution in [0.4, 0.5) is 0 Å². The van der Waals surface area contributed by atoms with Gasteiger partial charge in [0, 0.05) is 53.6 Å². The number of carbonyl (C=O) groups excluding carboxylic acids is 2. The van der Waals surface area contributed by atoms with E-state index in [1.807, 2.05) is 36.4 Å². The van der Waals surface area contributed by atoms with Gasteiger partial charge in [0.15, 0.2) is 24.1 Å². The lowest BCUT2D eigenvalue weighted by molar-refractivity contribution is -0.151. The Morgan fingerprint density at radius 2 is 0.944 bits per heavy atom. The molecule has 2 aromatic heterocycles. The molecule has 0 spiro atoms. The molecule has 2 unspecified atom stereocenters. The average molecular weight is 775 g/mol. The molecule has 2 heterocycles. The van der Waals surface area contributed by atoms with Crippen LogP contribution in [0, 0.1) is 0 Å². The second kappa shape index (κ2) is 18.9. The highest BCUT2D eigenvalue weighted by atomic mass is 32.1. The second-order valence-electron chi connectivity index (χ2n) is 12.3. The van der Waals surface area contributed by atoms with E-state index in [1.54, 1.807) is 48.5 Å². The normalized spacial score (nSPS) is 12.6. The van der Waals surface area contributed by atoms with Gasteiger partial charge in [-0.15, -0.1) is 22.7 Å². The van der Waals surface area contributed by atoms with E-state index in [0.717, 1.165) is 18.8 Å². The first-order chi connectivity index (χ1) is 26.2. The van der Waals surface area contributed by atoms with Crippen LogP contribution in [0.5, 0.6) is 11.5 Å². The Balaban J connectivity index is 0.778. The number of rotatable bonds is 19. The van der Waals surface area contributed by atoms with Gasteiger partial charge >= 0.3 is 11.9 Å². The van der Waals surface area contributed by atoms with Gasteiger partial charge in [-0.05, 0) is 73.5 Å². The zero-order valence-electron chi connectivity index (χ0n) is 29.1. The molecule has 0 aliphatic carbocycles. The van der Waals surface area contributed by atoms with Crippen molar-refractivity contribution in [1.29, 1.82) is 0 Å². The van der Waals surface area contributed by atoms with Gasteiger partial charge in [0.25, 0.3) is 0 Å². The summed E-state index contributed by atoms with van der Waals surface area (Å²) in [4.78, 5) is 50.1. The number of hydrogen-bond acceptors (Lipinski definition) is 14. The van der Waals surface area contributed by atoms with Crippen LogP contribution in [0.2, 0.25) is 0 Å². The molecule has 12 nitrogen and oxygen atoms in total. The summed E-state index contributed by atoms with van der Waals surface area (Å²) in [5, 5.41) is 22.5. The zero-order chi connectivity index (χ0) is 37.9. The van der Waals surface area contributed by atoms with Gasteiger partial charge in [0.1, 0.15) is 36.9 Å². The SMILES string of the molecule is O=C(COc1ccc2sc3ccccc3c(=O)c2c1)OCC(O)COCCCCOCC(O)COC(=O)COc1ccc2sc3ccccc3c(=O)c2c1. The van der Waals surface area contributed by atoms with Gasteiger partial charge in [-0.1, -0.05) is 24.3 Å².